The number of hydrogen-bond donors (Lipinski definition) is 0. The molecule has 2 radical (unpaired) electrons. The summed E-state index contributed by atoms with van der Waals surface area (Å²) in [4.78, 5) is 8.85. The monoisotopic (exact) mass is 322 g/mol. The fraction of sp³-hybridized carbons (Fsp3) is 0.250. The van der Waals surface area contributed by atoms with Crippen LogP contribution in [0.5, 0.6) is 0 Å². The number of rotatable bonds is 5. The summed E-state index contributed by atoms with van der Waals surface area (Å²) >= 11 is 1.44. The molecule has 2 aromatic heterocycles. The van der Waals surface area contributed by atoms with Gasteiger partial charge in [-0.15, -0.1) is 0 Å². The van der Waals surface area contributed by atoms with E-state index in [1.165, 1.54) is 11.5 Å². The molecule has 0 fully saturated rings. The maximum absolute atomic E-state index is 5.77. The van der Waals surface area contributed by atoms with Gasteiger partial charge in [-0.2, -0.15) is 0 Å². The lowest BCUT2D eigenvalue weighted by atomic mass is 10.1. The first-order valence-electron chi connectivity index (χ1n) is 7.48. The molecule has 0 spiro atoms. The molecule has 0 N–H and O–H groups in total. The van der Waals surface area contributed by atoms with Gasteiger partial charge >= 0.3 is 0 Å². The lowest BCUT2D eigenvalue weighted by molar-refractivity contribution is 0.554. The third-order valence-electron chi connectivity index (χ3n) is 3.10. The molecule has 3 rings (SSSR count). The highest BCUT2D eigenvalue weighted by Gasteiger charge is 2.10. The van der Waals surface area contributed by atoms with E-state index in [9.17, 15) is 0 Å². The van der Waals surface area contributed by atoms with Gasteiger partial charge in [0.15, 0.2) is 17.2 Å². The van der Waals surface area contributed by atoms with Gasteiger partial charge in [-0.25, -0.2) is 21.4 Å². The molecule has 7 heteroatoms. The molecule has 0 aliphatic carbocycles. The van der Waals surface area contributed by atoms with E-state index < -0.39 is 0 Å². The number of para-hydroxylation sites is 2. The standard InChI is InChI=1S/C16H16B2N2O2S/c1-4-11-14(9-10(2)3)22-15(19-11)17-23-18-16-20-12-7-5-6-8-13(12)21-16/h4-10H,1-3H3/b11-4+,14-9+. The Morgan fingerprint density at radius 2 is 1.83 bits per heavy atom. The lowest BCUT2D eigenvalue weighted by Crippen LogP contribution is -2.23. The molecule has 114 valence electrons. The number of nitrogens with zero attached hydrogens (tertiary/aromatic N) is 2. The van der Waals surface area contributed by atoms with E-state index in [0.717, 1.165) is 21.9 Å². The fourth-order valence-corrected chi connectivity index (χ4v) is 2.63. The smallest absolute Gasteiger partial charge is 0.293 e. The van der Waals surface area contributed by atoms with Crippen LogP contribution in [0, 0.1) is 5.92 Å². The molecule has 2 heterocycles. The molecule has 0 saturated carbocycles. The molecule has 0 bridgehead atoms. The summed E-state index contributed by atoms with van der Waals surface area (Å²) in [6.45, 7) is 9.87. The van der Waals surface area contributed by atoms with E-state index in [1.54, 1.807) is 0 Å². The minimum absolute atomic E-state index is 0.411. The molecule has 0 amide bonds. The van der Waals surface area contributed by atoms with Crippen LogP contribution >= 0.6 is 11.5 Å². The summed E-state index contributed by atoms with van der Waals surface area (Å²) in [7, 11) is 0. The largest absolute Gasteiger partial charge is 0.451 e. The summed E-state index contributed by atoms with van der Waals surface area (Å²) in [6, 6.07) is 7.70. The van der Waals surface area contributed by atoms with Crippen molar-refractivity contribution in [2.75, 3.05) is 0 Å². The van der Waals surface area contributed by atoms with Gasteiger partial charge in [0.1, 0.15) is 16.3 Å². The van der Waals surface area contributed by atoms with Crippen molar-refractivity contribution in [2.45, 2.75) is 20.8 Å². The first-order chi connectivity index (χ1) is 11.2. The van der Waals surface area contributed by atoms with Crippen LogP contribution in [-0.2, 0) is 0 Å². The Kier molecular flexibility index (Phi) is 4.96. The highest BCUT2D eigenvalue weighted by molar-refractivity contribution is 8.42. The highest BCUT2D eigenvalue weighted by atomic mass is 32.2. The SMILES string of the molecule is C/C=c1/nc([B]S[B]c2nc3ccccc3o2)o/c1=C/C(C)C. The van der Waals surface area contributed by atoms with E-state index in [4.69, 9.17) is 8.83 Å². The van der Waals surface area contributed by atoms with Gasteiger partial charge in [0.2, 0.25) is 0 Å². The average molecular weight is 322 g/mol. The zero-order chi connectivity index (χ0) is 16.2. The Balaban J connectivity index is 1.68. The van der Waals surface area contributed by atoms with Crippen LogP contribution in [0.3, 0.4) is 0 Å². The van der Waals surface area contributed by atoms with Crippen molar-refractivity contribution in [1.29, 1.82) is 0 Å². The van der Waals surface area contributed by atoms with Crippen LogP contribution in [0.15, 0.2) is 33.1 Å². The van der Waals surface area contributed by atoms with Crippen molar-refractivity contribution in [1.82, 2.24) is 9.97 Å². The number of benzene rings is 1. The van der Waals surface area contributed by atoms with Gasteiger partial charge < -0.3 is 8.83 Å². The van der Waals surface area contributed by atoms with Crippen molar-refractivity contribution in [3.63, 3.8) is 0 Å². The van der Waals surface area contributed by atoms with Crippen molar-refractivity contribution >= 4 is 59.4 Å². The van der Waals surface area contributed by atoms with Crippen molar-refractivity contribution < 1.29 is 8.83 Å². The topological polar surface area (TPSA) is 52.1 Å². The Morgan fingerprint density at radius 3 is 2.52 bits per heavy atom. The normalized spacial score (nSPS) is 13.2. The van der Waals surface area contributed by atoms with Gasteiger partial charge in [0, 0.05) is 0 Å². The number of fused-ring (bicyclic) bond motifs is 1. The Hall–Kier alpha value is -1.88. The molecular formula is C16H16B2N2O2S. The molecule has 1 aromatic carbocycles. The maximum Gasteiger partial charge on any atom is 0.293 e. The van der Waals surface area contributed by atoms with E-state index >= 15 is 0 Å². The quantitative estimate of drug-likeness (QED) is 0.656. The summed E-state index contributed by atoms with van der Waals surface area (Å²) < 4.78 is 11.4. The van der Waals surface area contributed by atoms with Gasteiger partial charge in [-0.05, 0) is 31.1 Å². The van der Waals surface area contributed by atoms with Crippen LogP contribution < -0.4 is 22.3 Å². The second-order valence-electron chi connectivity index (χ2n) is 5.39. The second-order valence-corrected chi connectivity index (χ2v) is 6.14. The third-order valence-corrected chi connectivity index (χ3v) is 3.78. The maximum atomic E-state index is 5.77. The molecule has 4 nitrogen and oxygen atoms in total. The van der Waals surface area contributed by atoms with Crippen LogP contribution in [0.25, 0.3) is 23.3 Å². The van der Waals surface area contributed by atoms with E-state index in [0.29, 0.717) is 17.5 Å². The lowest BCUT2D eigenvalue weighted by Gasteiger charge is -1.91. The molecule has 0 aliphatic heterocycles. The first kappa shape index (κ1) is 16.0. The van der Waals surface area contributed by atoms with Gasteiger partial charge in [-0.1, -0.05) is 32.1 Å². The minimum atomic E-state index is 0.411. The zero-order valence-electron chi connectivity index (χ0n) is 13.3. The Labute approximate surface area is 140 Å². The number of oxazole rings is 2. The van der Waals surface area contributed by atoms with Crippen LogP contribution in [-0.4, -0.2) is 23.1 Å². The molecule has 3 aromatic rings. The van der Waals surface area contributed by atoms with E-state index in [2.05, 4.69) is 29.9 Å². The molecule has 0 atom stereocenters. The molecule has 0 saturated heterocycles. The number of aromatic nitrogens is 2. The highest BCUT2D eigenvalue weighted by Crippen LogP contribution is 2.09. The Bertz CT molecular complexity index is 885. The van der Waals surface area contributed by atoms with Gasteiger partial charge in [0.25, 0.3) is 13.1 Å². The fourth-order valence-electron chi connectivity index (χ4n) is 2.13. The van der Waals surface area contributed by atoms with E-state index in [1.807, 2.05) is 50.4 Å². The van der Waals surface area contributed by atoms with Crippen molar-refractivity contribution in [3.05, 3.63) is 35.0 Å². The third kappa shape index (κ3) is 3.91. The van der Waals surface area contributed by atoms with E-state index in [-0.39, 0.29) is 0 Å². The van der Waals surface area contributed by atoms with Gasteiger partial charge in [-0.3, -0.25) is 0 Å². The number of hydrogen-bond acceptors (Lipinski definition) is 5. The van der Waals surface area contributed by atoms with Crippen LogP contribution in [0.1, 0.15) is 20.8 Å². The predicted molar refractivity (Wildman–Crippen MR) is 97.6 cm³/mol. The minimum Gasteiger partial charge on any atom is -0.451 e. The summed E-state index contributed by atoms with van der Waals surface area (Å²) in [5, 5.41) is 0.868. The average Bonchev–Trinajstić information content (AvgIpc) is 3.10. The molecule has 0 unspecified atom stereocenters. The summed E-state index contributed by atoms with van der Waals surface area (Å²) in [6.07, 6.45) is 4.01. The Morgan fingerprint density at radius 1 is 1.09 bits per heavy atom. The predicted octanol–water partition coefficient (Wildman–Crippen LogP) is 0.975. The van der Waals surface area contributed by atoms with Crippen LogP contribution in [0.4, 0.5) is 0 Å². The molecule has 23 heavy (non-hydrogen) atoms. The first-order valence-corrected chi connectivity index (χ1v) is 8.42. The molecule has 0 aliphatic rings. The second kappa shape index (κ2) is 7.13. The molecular weight excluding hydrogens is 306 g/mol. The van der Waals surface area contributed by atoms with Crippen molar-refractivity contribution in [2.24, 2.45) is 5.92 Å². The summed E-state index contributed by atoms with van der Waals surface area (Å²) in [5.74, 6) is 1.58. The zero-order valence-corrected chi connectivity index (χ0v) is 14.1. The van der Waals surface area contributed by atoms with Crippen LogP contribution in [0.2, 0.25) is 0 Å². The van der Waals surface area contributed by atoms with Crippen molar-refractivity contribution in [3.8, 4) is 0 Å². The summed E-state index contributed by atoms with van der Waals surface area (Å²) in [5.41, 5.74) is 2.45. The van der Waals surface area contributed by atoms with Gasteiger partial charge in [0.05, 0.1) is 0 Å².